The van der Waals surface area contributed by atoms with E-state index in [1.807, 2.05) is 25.5 Å². The number of piperazine rings is 1. The molecule has 3 rings (SSSR count). The molecular weight excluding hydrogens is 256 g/mol. The molecule has 2 aromatic heterocycles. The highest BCUT2D eigenvalue weighted by molar-refractivity contribution is 5.84. The maximum Gasteiger partial charge on any atom is 0.320 e. The number of ether oxygens (including phenoxy) is 1. The van der Waals surface area contributed by atoms with Crippen LogP contribution in [0.25, 0.3) is 11.2 Å². The van der Waals surface area contributed by atoms with Gasteiger partial charge in [0.2, 0.25) is 0 Å². The van der Waals surface area contributed by atoms with Crippen molar-refractivity contribution in [3.63, 3.8) is 0 Å². The zero-order chi connectivity index (χ0) is 14.1. The third kappa shape index (κ3) is 2.40. The SMILES string of the molecule is CC(C)Oc1nc(N2CCNCC2)c2ncn(C)c2n1. The summed E-state index contributed by atoms with van der Waals surface area (Å²) in [6.45, 7) is 7.70. The Morgan fingerprint density at radius 3 is 2.70 bits per heavy atom. The van der Waals surface area contributed by atoms with Crippen molar-refractivity contribution in [3.05, 3.63) is 6.33 Å². The number of hydrogen-bond acceptors (Lipinski definition) is 6. The van der Waals surface area contributed by atoms with Crippen LogP contribution in [0, 0.1) is 0 Å². The van der Waals surface area contributed by atoms with Crippen molar-refractivity contribution in [1.82, 2.24) is 24.8 Å². The minimum absolute atomic E-state index is 0.0524. The number of nitrogens with zero attached hydrogens (tertiary/aromatic N) is 5. The maximum absolute atomic E-state index is 5.67. The third-order valence-corrected chi connectivity index (χ3v) is 3.28. The van der Waals surface area contributed by atoms with E-state index < -0.39 is 0 Å². The molecule has 0 aromatic carbocycles. The van der Waals surface area contributed by atoms with Crippen molar-refractivity contribution in [2.75, 3.05) is 31.1 Å². The van der Waals surface area contributed by atoms with E-state index >= 15 is 0 Å². The van der Waals surface area contributed by atoms with Crippen molar-refractivity contribution in [2.45, 2.75) is 20.0 Å². The van der Waals surface area contributed by atoms with Crippen LogP contribution in [0.3, 0.4) is 0 Å². The molecule has 108 valence electrons. The lowest BCUT2D eigenvalue weighted by molar-refractivity contribution is 0.223. The molecule has 1 N–H and O–H groups in total. The van der Waals surface area contributed by atoms with Gasteiger partial charge in [0.05, 0.1) is 12.4 Å². The molecule has 0 aliphatic carbocycles. The molecule has 1 fully saturated rings. The Labute approximate surface area is 118 Å². The fraction of sp³-hybridized carbons (Fsp3) is 0.615. The number of aromatic nitrogens is 4. The number of rotatable bonds is 3. The molecular formula is C13H20N6O. The van der Waals surface area contributed by atoms with E-state index in [9.17, 15) is 0 Å². The van der Waals surface area contributed by atoms with Crippen LogP contribution in [-0.4, -0.2) is 51.8 Å². The minimum atomic E-state index is 0.0524. The number of hydrogen-bond donors (Lipinski definition) is 1. The second-order valence-electron chi connectivity index (χ2n) is 5.26. The van der Waals surface area contributed by atoms with Crippen LogP contribution in [0.1, 0.15) is 13.8 Å². The number of anilines is 1. The second-order valence-corrected chi connectivity index (χ2v) is 5.26. The van der Waals surface area contributed by atoms with E-state index in [1.54, 1.807) is 6.33 Å². The van der Waals surface area contributed by atoms with Crippen molar-refractivity contribution in [1.29, 1.82) is 0 Å². The van der Waals surface area contributed by atoms with Crippen LogP contribution in [0.2, 0.25) is 0 Å². The molecule has 0 amide bonds. The predicted molar refractivity (Wildman–Crippen MR) is 77.2 cm³/mol. The second kappa shape index (κ2) is 5.24. The van der Waals surface area contributed by atoms with Gasteiger partial charge >= 0.3 is 6.01 Å². The fourth-order valence-corrected chi connectivity index (χ4v) is 2.33. The average molecular weight is 276 g/mol. The minimum Gasteiger partial charge on any atom is -0.461 e. The molecule has 0 saturated carbocycles. The predicted octanol–water partition coefficient (Wildman–Crippen LogP) is 0.560. The average Bonchev–Trinajstić information content (AvgIpc) is 2.80. The molecule has 0 bridgehead atoms. The van der Waals surface area contributed by atoms with Gasteiger partial charge < -0.3 is 19.5 Å². The largest absolute Gasteiger partial charge is 0.461 e. The molecule has 1 aliphatic heterocycles. The van der Waals surface area contributed by atoms with Crippen molar-refractivity contribution in [3.8, 4) is 6.01 Å². The highest BCUT2D eigenvalue weighted by Gasteiger charge is 2.20. The molecule has 1 saturated heterocycles. The zero-order valence-corrected chi connectivity index (χ0v) is 12.1. The van der Waals surface area contributed by atoms with Gasteiger partial charge in [0.1, 0.15) is 0 Å². The summed E-state index contributed by atoms with van der Waals surface area (Å²) in [6.07, 6.45) is 1.82. The Hall–Kier alpha value is -1.89. The van der Waals surface area contributed by atoms with Crippen molar-refractivity contribution < 1.29 is 4.74 Å². The molecule has 7 nitrogen and oxygen atoms in total. The summed E-state index contributed by atoms with van der Waals surface area (Å²) >= 11 is 0. The van der Waals surface area contributed by atoms with E-state index in [2.05, 4.69) is 25.2 Å². The van der Waals surface area contributed by atoms with E-state index in [1.165, 1.54) is 0 Å². The van der Waals surface area contributed by atoms with Crippen molar-refractivity contribution in [2.24, 2.45) is 7.05 Å². The topological polar surface area (TPSA) is 68.1 Å². The molecule has 0 spiro atoms. The molecule has 20 heavy (non-hydrogen) atoms. The lowest BCUT2D eigenvalue weighted by Crippen LogP contribution is -2.44. The number of imidazole rings is 1. The zero-order valence-electron chi connectivity index (χ0n) is 12.1. The summed E-state index contributed by atoms with van der Waals surface area (Å²) < 4.78 is 7.57. The van der Waals surface area contributed by atoms with Crippen LogP contribution in [-0.2, 0) is 7.05 Å². The van der Waals surface area contributed by atoms with E-state index in [0.29, 0.717) is 6.01 Å². The maximum atomic E-state index is 5.67. The van der Waals surface area contributed by atoms with E-state index in [-0.39, 0.29) is 6.10 Å². The van der Waals surface area contributed by atoms with E-state index in [0.717, 1.165) is 43.2 Å². The van der Waals surface area contributed by atoms with E-state index in [4.69, 9.17) is 4.74 Å². The van der Waals surface area contributed by atoms with Crippen molar-refractivity contribution >= 4 is 17.0 Å². The number of nitrogens with one attached hydrogen (secondary N) is 1. The molecule has 0 radical (unpaired) electrons. The highest BCUT2D eigenvalue weighted by Crippen LogP contribution is 2.25. The first kappa shape index (κ1) is 13.1. The number of fused-ring (bicyclic) bond motifs is 1. The lowest BCUT2D eigenvalue weighted by Gasteiger charge is -2.28. The first-order valence-corrected chi connectivity index (χ1v) is 6.96. The van der Waals surface area contributed by atoms with Gasteiger partial charge in [-0.3, -0.25) is 0 Å². The van der Waals surface area contributed by atoms with Gasteiger partial charge in [-0.2, -0.15) is 9.97 Å². The summed E-state index contributed by atoms with van der Waals surface area (Å²) in [5.74, 6) is 0.868. The Kier molecular flexibility index (Phi) is 3.43. The molecule has 1 aliphatic rings. The quantitative estimate of drug-likeness (QED) is 0.883. The molecule has 2 aromatic rings. The normalized spacial score (nSPS) is 16.1. The summed E-state index contributed by atoms with van der Waals surface area (Å²) in [4.78, 5) is 15.7. The molecule has 0 atom stereocenters. The summed E-state index contributed by atoms with van der Waals surface area (Å²) in [5.41, 5.74) is 1.65. The summed E-state index contributed by atoms with van der Waals surface area (Å²) in [7, 11) is 1.93. The Morgan fingerprint density at radius 1 is 1.25 bits per heavy atom. The van der Waals surface area contributed by atoms with Crippen LogP contribution in [0.15, 0.2) is 6.33 Å². The molecule has 3 heterocycles. The standard InChI is InChI=1S/C13H20N6O/c1-9(2)20-13-16-11-10(15-8-18(11)3)12(17-13)19-6-4-14-5-7-19/h8-9,14H,4-7H2,1-3H3. The van der Waals surface area contributed by atoms with Crippen LogP contribution in [0.4, 0.5) is 5.82 Å². The van der Waals surface area contributed by atoms with Gasteiger partial charge in [0.25, 0.3) is 0 Å². The number of aryl methyl sites for hydroxylation is 1. The highest BCUT2D eigenvalue weighted by atomic mass is 16.5. The smallest absolute Gasteiger partial charge is 0.320 e. The van der Waals surface area contributed by atoms with Gasteiger partial charge in [0.15, 0.2) is 17.0 Å². The van der Waals surface area contributed by atoms with Gasteiger partial charge in [-0.25, -0.2) is 4.98 Å². The van der Waals surface area contributed by atoms with Gasteiger partial charge in [-0.05, 0) is 13.8 Å². The summed E-state index contributed by atoms with van der Waals surface area (Å²) in [6, 6.07) is 0.421. The Morgan fingerprint density at radius 2 is 2.00 bits per heavy atom. The van der Waals surface area contributed by atoms with Crippen LogP contribution >= 0.6 is 0 Å². The van der Waals surface area contributed by atoms with Gasteiger partial charge in [-0.1, -0.05) is 0 Å². The third-order valence-electron chi connectivity index (χ3n) is 3.28. The van der Waals surface area contributed by atoms with Gasteiger partial charge in [0, 0.05) is 33.2 Å². The van der Waals surface area contributed by atoms with Crippen LogP contribution in [0.5, 0.6) is 6.01 Å². The van der Waals surface area contributed by atoms with Gasteiger partial charge in [-0.15, -0.1) is 0 Å². The first-order chi connectivity index (χ1) is 9.65. The Bertz CT molecular complexity index is 602. The summed E-state index contributed by atoms with van der Waals surface area (Å²) in [5, 5.41) is 3.34. The Balaban J connectivity index is 2.07. The fourth-order valence-electron chi connectivity index (χ4n) is 2.33. The molecule has 7 heteroatoms. The monoisotopic (exact) mass is 276 g/mol. The molecule has 0 unspecified atom stereocenters. The lowest BCUT2D eigenvalue weighted by atomic mass is 10.3. The van der Waals surface area contributed by atoms with Crippen LogP contribution < -0.4 is 15.0 Å². The first-order valence-electron chi connectivity index (χ1n) is 6.96.